The van der Waals surface area contributed by atoms with Crippen molar-refractivity contribution in [3.63, 3.8) is 0 Å². The first-order valence-electron chi connectivity index (χ1n) is 12.6. The summed E-state index contributed by atoms with van der Waals surface area (Å²) in [6, 6.07) is 2.53. The third kappa shape index (κ3) is 10.4. The number of alkyl halides is 3. The van der Waals surface area contributed by atoms with Gasteiger partial charge in [-0.15, -0.1) is 0 Å². The van der Waals surface area contributed by atoms with Crippen LogP contribution in [0.1, 0.15) is 54.4 Å². The van der Waals surface area contributed by atoms with Gasteiger partial charge in [-0.3, -0.25) is 9.69 Å². The Labute approximate surface area is 236 Å². The Hall–Kier alpha value is -2.64. The topological polar surface area (TPSA) is 97.3 Å². The van der Waals surface area contributed by atoms with E-state index in [1.54, 1.807) is 11.6 Å². The second-order valence-electron chi connectivity index (χ2n) is 10.1. The molecule has 0 radical (unpaired) electrons. The maximum atomic E-state index is 14.7. The van der Waals surface area contributed by atoms with E-state index in [1.165, 1.54) is 12.3 Å². The van der Waals surface area contributed by atoms with Gasteiger partial charge in [-0.2, -0.15) is 13.2 Å². The molecular formula is C26H32ClF4N3O5S. The number of halogens is 5. The quantitative estimate of drug-likeness (QED) is 0.213. The van der Waals surface area contributed by atoms with Crippen molar-refractivity contribution in [2.24, 2.45) is 10.9 Å². The van der Waals surface area contributed by atoms with Crippen molar-refractivity contribution in [1.82, 2.24) is 9.62 Å². The first-order chi connectivity index (χ1) is 18.6. The van der Waals surface area contributed by atoms with E-state index in [9.17, 15) is 30.8 Å². The van der Waals surface area contributed by atoms with Crippen molar-refractivity contribution >= 4 is 33.4 Å². The fraction of sp³-hybridized carbons (Fsp3) is 0.538. The molecule has 1 saturated carbocycles. The van der Waals surface area contributed by atoms with Crippen molar-refractivity contribution < 1.29 is 40.2 Å². The van der Waals surface area contributed by atoms with Gasteiger partial charge >= 0.3 is 6.18 Å². The van der Waals surface area contributed by atoms with Gasteiger partial charge in [0.25, 0.3) is 5.91 Å². The summed E-state index contributed by atoms with van der Waals surface area (Å²) in [5.74, 6) is -1.56. The minimum atomic E-state index is -4.52. The van der Waals surface area contributed by atoms with E-state index in [1.807, 2.05) is 0 Å². The fourth-order valence-electron chi connectivity index (χ4n) is 4.22. The zero-order valence-corrected chi connectivity index (χ0v) is 23.8. The Kier molecular flexibility index (Phi) is 10.6. The van der Waals surface area contributed by atoms with E-state index < -0.39 is 34.5 Å². The van der Waals surface area contributed by atoms with Crippen LogP contribution < -0.4 is 9.46 Å². The molecule has 222 valence electrons. The molecule has 1 amide bonds. The number of nitrogens with one attached hydrogen (secondary N) is 1. The fourth-order valence-corrected chi connectivity index (χ4v) is 4.77. The SMILES string of the molecule is C=C(Cl)C(=N/C=C(\C)CN1CCC(COc2cc(F)c(C(=O)NS(C)(=O)=O)cc2C2CC2)CC1)OCC(F)(F)F. The van der Waals surface area contributed by atoms with E-state index in [0.29, 0.717) is 24.5 Å². The van der Waals surface area contributed by atoms with E-state index in [-0.39, 0.29) is 28.3 Å². The number of aliphatic imine (C=N–C) groups is 1. The molecule has 2 fully saturated rings. The first-order valence-corrected chi connectivity index (χ1v) is 14.9. The molecule has 1 N–H and O–H groups in total. The average molecular weight is 610 g/mol. The van der Waals surface area contributed by atoms with Gasteiger partial charge in [0.2, 0.25) is 15.9 Å². The molecule has 0 spiro atoms. The van der Waals surface area contributed by atoms with Crippen molar-refractivity contribution in [2.45, 2.75) is 44.7 Å². The Bertz CT molecular complexity index is 1270. The molecule has 2 aliphatic rings. The van der Waals surface area contributed by atoms with Gasteiger partial charge in [0.05, 0.1) is 23.5 Å². The van der Waals surface area contributed by atoms with Crippen molar-refractivity contribution in [3.05, 3.63) is 52.5 Å². The van der Waals surface area contributed by atoms with Crippen LogP contribution in [0, 0.1) is 11.7 Å². The zero-order valence-electron chi connectivity index (χ0n) is 22.2. The highest BCUT2D eigenvalue weighted by Crippen LogP contribution is 2.45. The number of ether oxygens (including phenoxy) is 2. The smallest absolute Gasteiger partial charge is 0.422 e. The molecule has 0 atom stereocenters. The molecule has 1 aromatic rings. The molecule has 14 heteroatoms. The Morgan fingerprint density at radius 3 is 2.45 bits per heavy atom. The molecule has 1 aliphatic carbocycles. The summed E-state index contributed by atoms with van der Waals surface area (Å²) in [6.07, 6.45) is 1.08. The molecular weight excluding hydrogens is 578 g/mol. The number of hydrogen-bond acceptors (Lipinski definition) is 7. The van der Waals surface area contributed by atoms with Gasteiger partial charge in [-0.05, 0) is 74.7 Å². The van der Waals surface area contributed by atoms with Gasteiger partial charge in [-0.25, -0.2) is 22.5 Å². The lowest BCUT2D eigenvalue weighted by atomic mass is 9.97. The van der Waals surface area contributed by atoms with Gasteiger partial charge in [-0.1, -0.05) is 18.2 Å². The van der Waals surface area contributed by atoms with Crippen LogP contribution in [0.5, 0.6) is 5.75 Å². The first kappa shape index (κ1) is 31.9. The summed E-state index contributed by atoms with van der Waals surface area (Å²) >= 11 is 5.69. The van der Waals surface area contributed by atoms with Crippen molar-refractivity contribution in [2.75, 3.05) is 39.1 Å². The van der Waals surface area contributed by atoms with E-state index in [2.05, 4.69) is 21.2 Å². The molecule has 40 heavy (non-hydrogen) atoms. The predicted octanol–water partition coefficient (Wildman–Crippen LogP) is 5.12. The highest BCUT2D eigenvalue weighted by atomic mass is 35.5. The number of hydrogen-bond donors (Lipinski definition) is 1. The van der Waals surface area contributed by atoms with Crippen LogP contribution in [0.4, 0.5) is 17.6 Å². The maximum Gasteiger partial charge on any atom is 0.422 e. The third-order valence-electron chi connectivity index (χ3n) is 6.30. The highest BCUT2D eigenvalue weighted by molar-refractivity contribution is 7.89. The van der Waals surface area contributed by atoms with E-state index in [4.69, 9.17) is 16.3 Å². The van der Waals surface area contributed by atoms with E-state index in [0.717, 1.165) is 56.7 Å². The molecule has 3 rings (SSSR count). The molecule has 8 nitrogen and oxygen atoms in total. The van der Waals surface area contributed by atoms with E-state index >= 15 is 0 Å². The minimum Gasteiger partial charge on any atom is -0.493 e. The number of rotatable bonds is 11. The number of carbonyl (C=O) groups is 1. The standard InChI is InChI=1S/C26H32ClF4N3O5S/c1-16(12-32-25(17(2)27)39-15-26(29,30)31)13-34-8-6-18(7-9-34)14-38-23-11-22(28)21(10-20(23)19-4-5-19)24(35)33-40(3,36)37/h10-12,18-19H,2,4-9,13-15H2,1,3H3,(H,33,35)/b16-12+,32-25?. The largest absolute Gasteiger partial charge is 0.493 e. The van der Waals surface area contributed by atoms with Crippen molar-refractivity contribution in [1.29, 1.82) is 0 Å². The van der Waals surface area contributed by atoms with Crippen LogP contribution in [0.2, 0.25) is 0 Å². The normalized spacial score (nSPS) is 18.0. The van der Waals surface area contributed by atoms with Crippen LogP contribution in [-0.4, -0.2) is 70.4 Å². The lowest BCUT2D eigenvalue weighted by Crippen LogP contribution is -2.36. The molecule has 1 aliphatic heterocycles. The second-order valence-corrected chi connectivity index (χ2v) is 12.3. The monoisotopic (exact) mass is 609 g/mol. The van der Waals surface area contributed by atoms with Crippen LogP contribution in [0.3, 0.4) is 0 Å². The number of amides is 1. The van der Waals surface area contributed by atoms with Gasteiger partial charge in [0.15, 0.2) is 6.61 Å². The zero-order chi connectivity index (χ0) is 29.7. The average Bonchev–Trinajstić information content (AvgIpc) is 3.67. The molecule has 0 unspecified atom stereocenters. The number of nitrogens with zero attached hydrogens (tertiary/aromatic N) is 2. The summed E-state index contributed by atoms with van der Waals surface area (Å²) in [5, 5.41) is -0.231. The third-order valence-corrected chi connectivity index (χ3v) is 7.02. The van der Waals surface area contributed by atoms with Crippen LogP contribution >= 0.6 is 11.6 Å². The molecule has 0 bridgehead atoms. The molecule has 1 saturated heterocycles. The van der Waals surface area contributed by atoms with Gasteiger partial charge < -0.3 is 9.47 Å². The number of piperidine rings is 1. The molecule has 0 aromatic heterocycles. The number of carbonyl (C=O) groups excluding carboxylic acids is 1. The summed E-state index contributed by atoms with van der Waals surface area (Å²) in [5.41, 5.74) is 1.15. The number of benzene rings is 1. The summed E-state index contributed by atoms with van der Waals surface area (Å²) in [4.78, 5) is 18.3. The lowest BCUT2D eigenvalue weighted by molar-refractivity contribution is -0.156. The minimum absolute atomic E-state index is 0.134. The Morgan fingerprint density at radius 1 is 1.25 bits per heavy atom. The molecule has 1 aromatic carbocycles. The second kappa shape index (κ2) is 13.3. The van der Waals surface area contributed by atoms with Crippen molar-refractivity contribution in [3.8, 4) is 5.75 Å². The van der Waals surface area contributed by atoms with Crippen LogP contribution in [-0.2, 0) is 14.8 Å². The molecule has 1 heterocycles. The van der Waals surface area contributed by atoms with Crippen LogP contribution in [0.15, 0.2) is 40.5 Å². The Morgan fingerprint density at radius 2 is 1.90 bits per heavy atom. The highest BCUT2D eigenvalue weighted by Gasteiger charge is 2.31. The predicted molar refractivity (Wildman–Crippen MR) is 144 cm³/mol. The van der Waals surface area contributed by atoms with Crippen LogP contribution in [0.25, 0.3) is 0 Å². The van der Waals surface area contributed by atoms with Gasteiger partial charge in [0.1, 0.15) is 11.6 Å². The Balaban J connectivity index is 1.53. The number of likely N-dealkylation sites (tertiary alicyclic amines) is 1. The number of sulfonamides is 1. The lowest BCUT2D eigenvalue weighted by Gasteiger charge is -2.32. The maximum absolute atomic E-state index is 14.7. The summed E-state index contributed by atoms with van der Waals surface area (Å²) < 4.78 is 87.1. The van der Waals surface area contributed by atoms with Gasteiger partial charge in [0, 0.05) is 18.8 Å². The summed E-state index contributed by atoms with van der Waals surface area (Å²) in [7, 11) is -3.83. The summed E-state index contributed by atoms with van der Waals surface area (Å²) in [6.45, 7) is 6.06.